The molecule has 0 N–H and O–H groups in total. The Morgan fingerprint density at radius 1 is 1.13 bits per heavy atom. The Hall–Kier alpha value is -1.86. The van der Waals surface area contributed by atoms with Crippen molar-refractivity contribution in [3.05, 3.63) is 36.2 Å². The number of piperazine rings is 1. The molecule has 0 atom stereocenters. The highest BCUT2D eigenvalue weighted by Crippen LogP contribution is 2.18. The molecule has 122 valence electrons. The maximum Gasteiger partial charge on any atom is 0.213 e. The van der Waals surface area contributed by atoms with E-state index < -0.39 is 0 Å². The minimum Gasteiger partial charge on any atom is -0.481 e. The molecule has 7 heteroatoms. The van der Waals surface area contributed by atoms with Crippen LogP contribution in [-0.4, -0.2) is 59.4 Å². The Morgan fingerprint density at radius 3 is 2.65 bits per heavy atom. The summed E-state index contributed by atoms with van der Waals surface area (Å²) in [5.74, 6) is 1.70. The number of methoxy groups -OCH3 is 1. The Kier molecular flexibility index (Phi) is 5.30. The first-order valence-electron chi connectivity index (χ1n) is 7.62. The quantitative estimate of drug-likeness (QED) is 0.613. The molecule has 1 aliphatic heterocycles. The molecule has 3 heterocycles. The highest BCUT2D eigenvalue weighted by atomic mass is 32.2. The molecule has 0 bridgehead atoms. The van der Waals surface area contributed by atoms with Gasteiger partial charge in [0, 0.05) is 51.2 Å². The molecule has 0 amide bonds. The van der Waals surface area contributed by atoms with Crippen LogP contribution in [0.15, 0.2) is 35.7 Å². The van der Waals surface area contributed by atoms with Crippen molar-refractivity contribution >= 4 is 17.6 Å². The molecular weight excluding hydrogens is 310 g/mol. The van der Waals surface area contributed by atoms with E-state index in [9.17, 15) is 0 Å². The molecule has 0 radical (unpaired) electrons. The first-order valence-corrected chi connectivity index (χ1v) is 8.84. The summed E-state index contributed by atoms with van der Waals surface area (Å²) in [7, 11) is 1.65. The van der Waals surface area contributed by atoms with Crippen LogP contribution in [0.4, 0.5) is 5.82 Å². The Morgan fingerprint density at radius 2 is 1.91 bits per heavy atom. The van der Waals surface area contributed by atoms with E-state index in [1.807, 2.05) is 30.7 Å². The van der Waals surface area contributed by atoms with Crippen LogP contribution in [-0.2, 0) is 6.54 Å². The van der Waals surface area contributed by atoms with Crippen molar-refractivity contribution in [2.45, 2.75) is 11.7 Å². The third kappa shape index (κ3) is 4.11. The lowest BCUT2D eigenvalue weighted by Gasteiger charge is -2.35. The molecule has 0 unspecified atom stereocenters. The summed E-state index contributed by atoms with van der Waals surface area (Å²) in [4.78, 5) is 17.7. The van der Waals surface area contributed by atoms with Gasteiger partial charge in [0.15, 0.2) is 5.16 Å². The van der Waals surface area contributed by atoms with Gasteiger partial charge in [-0.1, -0.05) is 11.8 Å². The van der Waals surface area contributed by atoms with E-state index in [4.69, 9.17) is 4.74 Å². The van der Waals surface area contributed by atoms with Crippen molar-refractivity contribution in [2.75, 3.05) is 44.4 Å². The van der Waals surface area contributed by atoms with Gasteiger partial charge in [-0.15, -0.1) is 0 Å². The first kappa shape index (κ1) is 16.0. The molecular formula is C16H21N5OS. The smallest absolute Gasteiger partial charge is 0.213 e. The van der Waals surface area contributed by atoms with Crippen LogP contribution in [0.25, 0.3) is 0 Å². The van der Waals surface area contributed by atoms with Gasteiger partial charge >= 0.3 is 0 Å². The average Bonchev–Trinajstić information content (AvgIpc) is 2.62. The van der Waals surface area contributed by atoms with Crippen LogP contribution in [0, 0.1) is 0 Å². The highest BCUT2D eigenvalue weighted by Gasteiger charge is 2.18. The van der Waals surface area contributed by atoms with E-state index in [1.165, 1.54) is 5.56 Å². The van der Waals surface area contributed by atoms with Crippen LogP contribution in [0.1, 0.15) is 5.56 Å². The minimum absolute atomic E-state index is 0.673. The third-order valence-corrected chi connectivity index (χ3v) is 4.47. The normalized spacial score (nSPS) is 15.7. The molecule has 0 spiro atoms. The van der Waals surface area contributed by atoms with Crippen molar-refractivity contribution in [3.63, 3.8) is 0 Å². The molecule has 3 rings (SSSR count). The monoisotopic (exact) mass is 331 g/mol. The van der Waals surface area contributed by atoms with Crippen molar-refractivity contribution in [1.29, 1.82) is 0 Å². The van der Waals surface area contributed by atoms with Crippen molar-refractivity contribution in [1.82, 2.24) is 19.9 Å². The second kappa shape index (κ2) is 7.61. The average molecular weight is 331 g/mol. The summed E-state index contributed by atoms with van der Waals surface area (Å²) < 4.78 is 5.19. The molecule has 0 aromatic carbocycles. The van der Waals surface area contributed by atoms with Gasteiger partial charge in [0.2, 0.25) is 5.88 Å². The summed E-state index contributed by atoms with van der Waals surface area (Å²) in [6.07, 6.45) is 5.64. The van der Waals surface area contributed by atoms with Crippen LogP contribution >= 0.6 is 11.8 Å². The van der Waals surface area contributed by atoms with E-state index >= 15 is 0 Å². The van der Waals surface area contributed by atoms with Gasteiger partial charge in [0.25, 0.3) is 0 Å². The zero-order chi connectivity index (χ0) is 16.1. The summed E-state index contributed by atoms with van der Waals surface area (Å²) >= 11 is 1.58. The standard InChI is InChI=1S/C16H21N5OS/c1-22-15-11-13(3-5-17-15)12-20-7-9-21(10-8-20)14-4-6-18-16(19-14)23-2/h3-6,11H,7-10,12H2,1-2H3. The molecule has 1 saturated heterocycles. The lowest BCUT2D eigenvalue weighted by atomic mass is 10.2. The number of pyridine rings is 1. The maximum atomic E-state index is 5.19. The number of nitrogens with zero attached hydrogens (tertiary/aromatic N) is 5. The lowest BCUT2D eigenvalue weighted by Crippen LogP contribution is -2.46. The van der Waals surface area contributed by atoms with Crippen molar-refractivity contribution in [2.24, 2.45) is 0 Å². The number of ether oxygens (including phenoxy) is 1. The number of aromatic nitrogens is 3. The topological polar surface area (TPSA) is 54.4 Å². The van der Waals surface area contributed by atoms with E-state index in [0.717, 1.165) is 43.7 Å². The van der Waals surface area contributed by atoms with Crippen LogP contribution in [0.3, 0.4) is 0 Å². The largest absolute Gasteiger partial charge is 0.481 e. The van der Waals surface area contributed by atoms with Crippen molar-refractivity contribution < 1.29 is 4.74 Å². The van der Waals surface area contributed by atoms with E-state index in [-0.39, 0.29) is 0 Å². The molecule has 2 aromatic heterocycles. The van der Waals surface area contributed by atoms with Gasteiger partial charge in [-0.25, -0.2) is 15.0 Å². The summed E-state index contributed by atoms with van der Waals surface area (Å²) in [6.45, 7) is 4.92. The molecule has 1 aliphatic rings. The fourth-order valence-electron chi connectivity index (χ4n) is 2.66. The molecule has 23 heavy (non-hydrogen) atoms. The zero-order valence-electron chi connectivity index (χ0n) is 13.5. The van der Waals surface area contributed by atoms with Crippen LogP contribution in [0.2, 0.25) is 0 Å². The Bertz CT molecular complexity index is 646. The number of hydrogen-bond donors (Lipinski definition) is 0. The zero-order valence-corrected chi connectivity index (χ0v) is 14.3. The lowest BCUT2D eigenvalue weighted by molar-refractivity contribution is 0.248. The van der Waals surface area contributed by atoms with Crippen LogP contribution < -0.4 is 9.64 Å². The van der Waals surface area contributed by atoms with Gasteiger partial charge in [-0.3, -0.25) is 4.90 Å². The van der Waals surface area contributed by atoms with Crippen molar-refractivity contribution in [3.8, 4) is 5.88 Å². The minimum atomic E-state index is 0.673. The van der Waals surface area contributed by atoms with Crippen LogP contribution in [0.5, 0.6) is 5.88 Å². The molecule has 2 aromatic rings. The predicted octanol–water partition coefficient (Wildman–Crippen LogP) is 1.92. The Balaban J connectivity index is 1.57. The van der Waals surface area contributed by atoms with Gasteiger partial charge in [-0.05, 0) is 24.0 Å². The SMILES string of the molecule is COc1cc(CN2CCN(c3ccnc(SC)n3)CC2)ccn1. The number of hydrogen-bond acceptors (Lipinski definition) is 7. The Labute approximate surface area is 140 Å². The molecule has 6 nitrogen and oxygen atoms in total. The highest BCUT2D eigenvalue weighted by molar-refractivity contribution is 7.98. The predicted molar refractivity (Wildman–Crippen MR) is 92.1 cm³/mol. The first-order chi connectivity index (χ1) is 11.3. The van der Waals surface area contributed by atoms with E-state index in [1.54, 1.807) is 25.1 Å². The summed E-state index contributed by atoms with van der Waals surface area (Å²) in [6, 6.07) is 6.04. The maximum absolute atomic E-state index is 5.19. The third-order valence-electron chi connectivity index (χ3n) is 3.91. The van der Waals surface area contributed by atoms with Gasteiger partial charge in [0.1, 0.15) is 5.82 Å². The van der Waals surface area contributed by atoms with Gasteiger partial charge < -0.3 is 9.64 Å². The number of anilines is 1. The second-order valence-corrected chi connectivity index (χ2v) is 6.14. The molecule has 0 saturated carbocycles. The second-order valence-electron chi connectivity index (χ2n) is 5.37. The fourth-order valence-corrected chi connectivity index (χ4v) is 3.01. The number of thioether (sulfide) groups is 1. The van der Waals surface area contributed by atoms with E-state index in [2.05, 4.69) is 24.8 Å². The summed E-state index contributed by atoms with van der Waals surface area (Å²) in [5.41, 5.74) is 1.23. The van der Waals surface area contributed by atoms with Gasteiger partial charge in [0.05, 0.1) is 7.11 Å². The van der Waals surface area contributed by atoms with Gasteiger partial charge in [-0.2, -0.15) is 0 Å². The molecule has 1 fully saturated rings. The summed E-state index contributed by atoms with van der Waals surface area (Å²) in [5, 5.41) is 0.828. The fraction of sp³-hybridized carbons (Fsp3) is 0.438. The number of rotatable bonds is 5. The van der Waals surface area contributed by atoms with E-state index in [0.29, 0.717) is 5.88 Å². The molecule has 0 aliphatic carbocycles.